The molecule has 0 fully saturated rings. The first-order valence-corrected chi connectivity index (χ1v) is 10.7. The highest BCUT2D eigenvalue weighted by atomic mass is 19.1. The summed E-state index contributed by atoms with van der Waals surface area (Å²) >= 11 is 0. The van der Waals surface area contributed by atoms with E-state index in [0.717, 1.165) is 0 Å². The van der Waals surface area contributed by atoms with E-state index in [9.17, 15) is 9.59 Å². The third-order valence-electron chi connectivity index (χ3n) is 5.93. The van der Waals surface area contributed by atoms with Crippen LogP contribution in [0, 0.1) is 5.82 Å². The van der Waals surface area contributed by atoms with Gasteiger partial charge in [-0.25, -0.2) is 9.07 Å². The maximum Gasteiger partial charge on any atom is 0.255 e. The fourth-order valence-electron chi connectivity index (χ4n) is 4.21. The molecule has 0 saturated heterocycles. The molecule has 3 aromatic heterocycles. The van der Waals surface area contributed by atoms with Crippen molar-refractivity contribution < 1.29 is 13.7 Å². The van der Waals surface area contributed by atoms with Crippen LogP contribution in [0.15, 0.2) is 88.3 Å². The quantitative estimate of drug-likeness (QED) is 0.384. The molecule has 6 aromatic rings. The van der Waals surface area contributed by atoms with Crippen molar-refractivity contribution in [3.8, 4) is 22.5 Å². The molecule has 0 unspecified atom stereocenters. The number of anilines is 1. The van der Waals surface area contributed by atoms with E-state index < -0.39 is 5.82 Å². The number of aldehydes is 1. The molecular formula is C26H16FN5O3. The molecular weight excluding hydrogens is 449 g/mol. The standard InChI is InChI=1S/C26H16FN5O3/c27-24-18(15-4-6-16(7-5-15)31-12-2-1-3-23(31)34)9-10-19-21(14-33)29-32(25(19)24)17-8-11-22-20(13-17)26(28)30-35-22/h1-14H,(H2,28,30). The van der Waals surface area contributed by atoms with Crippen molar-refractivity contribution in [3.63, 3.8) is 0 Å². The molecule has 0 spiro atoms. The molecule has 0 amide bonds. The largest absolute Gasteiger partial charge is 0.380 e. The number of carbonyl (C=O) groups excluding carboxylic acids is 1. The summed E-state index contributed by atoms with van der Waals surface area (Å²) in [7, 11) is 0. The van der Waals surface area contributed by atoms with E-state index in [2.05, 4.69) is 10.3 Å². The number of hydrogen-bond donors (Lipinski definition) is 1. The van der Waals surface area contributed by atoms with Crippen molar-refractivity contribution in [3.05, 3.63) is 101 Å². The molecule has 0 aliphatic carbocycles. The zero-order valence-corrected chi connectivity index (χ0v) is 18.1. The smallest absolute Gasteiger partial charge is 0.255 e. The van der Waals surface area contributed by atoms with Crippen LogP contribution >= 0.6 is 0 Å². The highest BCUT2D eigenvalue weighted by Crippen LogP contribution is 2.33. The SMILES string of the molecule is Nc1noc2ccc(-n3nc(C=O)c4ccc(-c5ccc(-n6ccccc6=O)cc5)c(F)c43)cc12. The second-order valence-corrected chi connectivity index (χ2v) is 7.94. The van der Waals surface area contributed by atoms with Gasteiger partial charge in [-0.1, -0.05) is 29.4 Å². The van der Waals surface area contributed by atoms with Crippen molar-refractivity contribution in [2.45, 2.75) is 0 Å². The third-order valence-corrected chi connectivity index (χ3v) is 5.93. The topological polar surface area (TPSA) is 109 Å². The Hall–Kier alpha value is -5.05. The number of carbonyl (C=O) groups is 1. The number of fused-ring (bicyclic) bond motifs is 2. The molecule has 9 heteroatoms. The molecule has 2 N–H and O–H groups in total. The van der Waals surface area contributed by atoms with E-state index in [1.807, 2.05) is 0 Å². The molecule has 6 rings (SSSR count). The van der Waals surface area contributed by atoms with Gasteiger partial charge >= 0.3 is 0 Å². The van der Waals surface area contributed by atoms with Crippen LogP contribution in [0.5, 0.6) is 0 Å². The first-order chi connectivity index (χ1) is 17.0. The molecule has 0 atom stereocenters. The van der Waals surface area contributed by atoms with Crippen LogP contribution < -0.4 is 11.3 Å². The summed E-state index contributed by atoms with van der Waals surface area (Å²) in [4.78, 5) is 23.8. The lowest BCUT2D eigenvalue weighted by Gasteiger charge is -2.10. The van der Waals surface area contributed by atoms with Gasteiger partial charge in [0.2, 0.25) is 0 Å². The van der Waals surface area contributed by atoms with Gasteiger partial charge in [0, 0.05) is 28.9 Å². The van der Waals surface area contributed by atoms with Gasteiger partial charge in [0.15, 0.2) is 23.5 Å². The molecule has 8 nitrogen and oxygen atoms in total. The van der Waals surface area contributed by atoms with Crippen LogP contribution in [0.3, 0.4) is 0 Å². The minimum absolute atomic E-state index is 0.114. The first kappa shape index (κ1) is 20.5. The minimum atomic E-state index is -0.536. The zero-order valence-electron chi connectivity index (χ0n) is 18.1. The molecule has 0 saturated carbocycles. The number of nitrogen functional groups attached to an aromatic ring is 1. The van der Waals surface area contributed by atoms with Crippen LogP contribution in [0.25, 0.3) is 44.4 Å². The summed E-state index contributed by atoms with van der Waals surface area (Å²) in [6.07, 6.45) is 2.26. The van der Waals surface area contributed by atoms with Crippen LogP contribution in [-0.2, 0) is 0 Å². The molecule has 0 aliphatic heterocycles. The average molecular weight is 465 g/mol. The summed E-state index contributed by atoms with van der Waals surface area (Å²) in [6, 6.07) is 20.2. The van der Waals surface area contributed by atoms with Gasteiger partial charge in [0.25, 0.3) is 5.56 Å². The first-order valence-electron chi connectivity index (χ1n) is 10.7. The third kappa shape index (κ3) is 3.21. The van der Waals surface area contributed by atoms with Gasteiger partial charge in [-0.3, -0.25) is 14.2 Å². The zero-order chi connectivity index (χ0) is 24.1. The minimum Gasteiger partial charge on any atom is -0.380 e. The van der Waals surface area contributed by atoms with Gasteiger partial charge in [0.1, 0.15) is 11.2 Å². The van der Waals surface area contributed by atoms with Gasteiger partial charge in [-0.05, 0) is 48.0 Å². The predicted molar refractivity (Wildman–Crippen MR) is 129 cm³/mol. The molecule has 0 bridgehead atoms. The van der Waals surface area contributed by atoms with Crippen LogP contribution in [-0.4, -0.2) is 25.8 Å². The number of benzene rings is 3. The lowest BCUT2D eigenvalue weighted by atomic mass is 10.0. The summed E-state index contributed by atoms with van der Waals surface area (Å²) < 4.78 is 24.0. The van der Waals surface area contributed by atoms with E-state index in [-0.39, 0.29) is 22.6 Å². The second kappa shape index (κ2) is 7.77. The van der Waals surface area contributed by atoms with Crippen molar-refractivity contribution in [2.75, 3.05) is 5.73 Å². The Kier molecular flexibility index (Phi) is 4.56. The number of nitrogens with two attached hydrogens (primary N) is 1. The summed E-state index contributed by atoms with van der Waals surface area (Å²) in [5.41, 5.74) is 8.56. The molecule has 0 aliphatic rings. The molecule has 170 valence electrons. The number of nitrogens with zero attached hydrogens (tertiary/aromatic N) is 4. The van der Waals surface area contributed by atoms with Crippen molar-refractivity contribution in [2.24, 2.45) is 0 Å². The van der Waals surface area contributed by atoms with Crippen LogP contribution in [0.4, 0.5) is 10.2 Å². The summed E-state index contributed by atoms with van der Waals surface area (Å²) in [6.45, 7) is 0. The average Bonchev–Trinajstić information content (AvgIpc) is 3.45. The van der Waals surface area contributed by atoms with E-state index in [0.29, 0.717) is 45.1 Å². The molecule has 3 aromatic carbocycles. The predicted octanol–water partition coefficient (Wildman–Crippen LogP) is 4.52. The van der Waals surface area contributed by atoms with Crippen LogP contribution in [0.2, 0.25) is 0 Å². The summed E-state index contributed by atoms with van der Waals surface area (Å²) in [5.74, 6) is -0.334. The number of aromatic nitrogens is 4. The fourth-order valence-corrected chi connectivity index (χ4v) is 4.21. The van der Waals surface area contributed by atoms with E-state index >= 15 is 4.39 Å². The monoisotopic (exact) mass is 465 g/mol. The summed E-state index contributed by atoms with van der Waals surface area (Å²) in [5, 5.41) is 9.02. The number of hydrogen-bond acceptors (Lipinski definition) is 6. The van der Waals surface area contributed by atoms with Gasteiger partial charge in [-0.2, -0.15) is 5.10 Å². The van der Waals surface area contributed by atoms with Crippen molar-refractivity contribution in [1.29, 1.82) is 0 Å². The van der Waals surface area contributed by atoms with E-state index in [1.165, 1.54) is 15.3 Å². The van der Waals surface area contributed by atoms with Crippen LogP contribution in [0.1, 0.15) is 10.5 Å². The lowest BCUT2D eigenvalue weighted by Crippen LogP contribution is -2.15. The molecule has 35 heavy (non-hydrogen) atoms. The molecule has 3 heterocycles. The van der Waals surface area contributed by atoms with Crippen molar-refractivity contribution in [1.82, 2.24) is 19.5 Å². The Morgan fingerprint density at radius 3 is 2.51 bits per heavy atom. The van der Waals surface area contributed by atoms with Gasteiger partial charge < -0.3 is 10.3 Å². The Morgan fingerprint density at radius 2 is 1.74 bits per heavy atom. The Labute approximate surface area is 196 Å². The van der Waals surface area contributed by atoms with E-state index in [1.54, 1.807) is 72.9 Å². The van der Waals surface area contributed by atoms with Crippen molar-refractivity contribution >= 4 is 34.0 Å². The highest BCUT2D eigenvalue weighted by Gasteiger charge is 2.20. The van der Waals surface area contributed by atoms with E-state index in [4.69, 9.17) is 10.3 Å². The fraction of sp³-hybridized carbons (Fsp3) is 0. The van der Waals surface area contributed by atoms with Gasteiger partial charge in [0.05, 0.1) is 11.1 Å². The number of pyridine rings is 1. The maximum absolute atomic E-state index is 16.0. The Balaban J connectivity index is 1.51. The maximum atomic E-state index is 16.0. The van der Waals surface area contributed by atoms with Gasteiger partial charge in [-0.15, -0.1) is 0 Å². The lowest BCUT2D eigenvalue weighted by molar-refractivity contribution is 0.112. The molecule has 0 radical (unpaired) electrons. The second-order valence-electron chi connectivity index (χ2n) is 7.94. The highest BCUT2D eigenvalue weighted by molar-refractivity contribution is 5.98. The number of halogens is 1. The normalized spacial score (nSPS) is 11.3. The Bertz CT molecular complexity index is 1820. The number of rotatable bonds is 4. The Morgan fingerprint density at radius 1 is 0.943 bits per heavy atom.